The lowest BCUT2D eigenvalue weighted by Crippen LogP contribution is -2.47. The fourth-order valence-corrected chi connectivity index (χ4v) is 3.97. The SMILES string of the molecule is C#CC(=O)N1[C@@H](CCCC)Cc2cc(OCCN(C)C)ccc2[C@@H]1C(=C)/C=C\C(F)=C/C. The number of hydrogen-bond donors (Lipinski definition) is 0. The van der Waals surface area contributed by atoms with Gasteiger partial charge in [0.25, 0.3) is 5.91 Å². The highest BCUT2D eigenvalue weighted by molar-refractivity contribution is 5.94. The number of hydrogen-bond acceptors (Lipinski definition) is 3. The summed E-state index contributed by atoms with van der Waals surface area (Å²) in [6.07, 6.45) is 13.5. The van der Waals surface area contributed by atoms with Crippen LogP contribution >= 0.6 is 0 Å². The van der Waals surface area contributed by atoms with E-state index in [-0.39, 0.29) is 17.8 Å². The van der Waals surface area contributed by atoms with Crippen molar-refractivity contribution in [2.75, 3.05) is 27.2 Å². The van der Waals surface area contributed by atoms with Crippen molar-refractivity contribution in [3.05, 3.63) is 65.5 Å². The van der Waals surface area contributed by atoms with Crippen LogP contribution in [0.4, 0.5) is 4.39 Å². The average molecular weight is 439 g/mol. The van der Waals surface area contributed by atoms with Crippen LogP contribution in [0.1, 0.15) is 50.3 Å². The fraction of sp³-hybridized carbons (Fsp3) is 0.444. The second kappa shape index (κ2) is 12.3. The topological polar surface area (TPSA) is 32.8 Å². The molecule has 0 radical (unpaired) electrons. The molecule has 5 heteroatoms. The van der Waals surface area contributed by atoms with E-state index in [0.717, 1.165) is 42.7 Å². The van der Waals surface area contributed by atoms with Crippen molar-refractivity contribution in [1.29, 1.82) is 0 Å². The lowest BCUT2D eigenvalue weighted by Gasteiger charge is -2.43. The van der Waals surface area contributed by atoms with Crippen LogP contribution in [-0.2, 0) is 11.2 Å². The van der Waals surface area contributed by atoms with Crippen LogP contribution in [0.5, 0.6) is 5.75 Å². The van der Waals surface area contributed by atoms with Crippen molar-refractivity contribution < 1.29 is 13.9 Å². The number of allylic oxidation sites excluding steroid dienone is 3. The summed E-state index contributed by atoms with van der Waals surface area (Å²) in [7, 11) is 4.01. The molecule has 0 saturated heterocycles. The molecule has 172 valence electrons. The second-order valence-corrected chi connectivity index (χ2v) is 8.35. The van der Waals surface area contributed by atoms with E-state index in [0.29, 0.717) is 18.6 Å². The van der Waals surface area contributed by atoms with Crippen molar-refractivity contribution in [2.45, 2.75) is 51.6 Å². The molecule has 4 nitrogen and oxygen atoms in total. The largest absolute Gasteiger partial charge is 0.492 e. The molecule has 0 fully saturated rings. The molecular formula is C27H35FN2O2. The number of likely N-dealkylation sites (N-methyl/N-ethyl adjacent to an activating group) is 1. The third-order valence-corrected chi connectivity index (χ3v) is 5.68. The number of fused-ring (bicyclic) bond motifs is 1. The molecule has 0 bridgehead atoms. The Kier molecular flexibility index (Phi) is 9.74. The Hall–Kier alpha value is -2.84. The summed E-state index contributed by atoms with van der Waals surface area (Å²) >= 11 is 0. The highest BCUT2D eigenvalue weighted by atomic mass is 19.1. The Morgan fingerprint density at radius 2 is 2.16 bits per heavy atom. The molecule has 0 aromatic heterocycles. The number of carbonyl (C=O) groups excluding carboxylic acids is 1. The lowest BCUT2D eigenvalue weighted by molar-refractivity contribution is -0.130. The van der Waals surface area contributed by atoms with Gasteiger partial charge < -0.3 is 14.5 Å². The minimum Gasteiger partial charge on any atom is -0.492 e. The maximum absolute atomic E-state index is 13.7. The molecule has 1 aliphatic rings. The Bertz CT molecular complexity index is 911. The fourth-order valence-electron chi connectivity index (χ4n) is 3.97. The maximum atomic E-state index is 13.7. The van der Waals surface area contributed by atoms with E-state index in [2.05, 4.69) is 30.4 Å². The van der Waals surface area contributed by atoms with E-state index in [1.165, 1.54) is 12.2 Å². The first-order chi connectivity index (χ1) is 15.3. The van der Waals surface area contributed by atoms with Crippen molar-refractivity contribution in [1.82, 2.24) is 9.80 Å². The summed E-state index contributed by atoms with van der Waals surface area (Å²) in [5.74, 6) is 2.37. The number of carbonyl (C=O) groups is 1. The van der Waals surface area contributed by atoms with Crippen molar-refractivity contribution in [2.24, 2.45) is 0 Å². The second-order valence-electron chi connectivity index (χ2n) is 8.35. The van der Waals surface area contributed by atoms with Crippen LogP contribution in [0.3, 0.4) is 0 Å². The molecular weight excluding hydrogens is 403 g/mol. The first-order valence-electron chi connectivity index (χ1n) is 11.2. The Labute approximate surface area is 192 Å². The molecule has 0 aliphatic carbocycles. The van der Waals surface area contributed by atoms with Crippen molar-refractivity contribution >= 4 is 5.91 Å². The first-order valence-corrected chi connectivity index (χ1v) is 11.2. The number of benzene rings is 1. The molecule has 1 heterocycles. The van der Waals surface area contributed by atoms with Gasteiger partial charge in [-0.3, -0.25) is 4.79 Å². The summed E-state index contributed by atoms with van der Waals surface area (Å²) in [5.41, 5.74) is 2.69. The maximum Gasteiger partial charge on any atom is 0.299 e. The Morgan fingerprint density at radius 1 is 1.41 bits per heavy atom. The molecule has 1 aliphatic heterocycles. The highest BCUT2D eigenvalue weighted by Gasteiger charge is 2.37. The first kappa shape index (κ1) is 25.4. The van der Waals surface area contributed by atoms with Gasteiger partial charge in [0.1, 0.15) is 18.2 Å². The highest BCUT2D eigenvalue weighted by Crippen LogP contribution is 2.40. The zero-order valence-electron chi connectivity index (χ0n) is 19.7. The molecule has 1 aromatic rings. The molecule has 1 amide bonds. The van der Waals surface area contributed by atoms with Gasteiger partial charge in [-0.2, -0.15) is 0 Å². The number of ether oxygens (including phenoxy) is 1. The number of amides is 1. The predicted molar refractivity (Wildman–Crippen MR) is 129 cm³/mol. The predicted octanol–water partition coefficient (Wildman–Crippen LogP) is 5.23. The third-order valence-electron chi connectivity index (χ3n) is 5.68. The summed E-state index contributed by atoms with van der Waals surface area (Å²) in [6.45, 7) is 9.34. The Balaban J connectivity index is 2.47. The van der Waals surface area contributed by atoms with Gasteiger partial charge in [-0.25, -0.2) is 4.39 Å². The summed E-state index contributed by atoms with van der Waals surface area (Å²) in [5, 5.41) is 0. The zero-order valence-corrected chi connectivity index (χ0v) is 19.7. The molecule has 2 rings (SSSR count). The molecule has 2 atom stereocenters. The number of unbranched alkanes of at least 4 members (excludes halogenated alkanes) is 1. The number of halogens is 1. The minimum absolute atomic E-state index is 0.0512. The van der Waals surface area contributed by atoms with Gasteiger partial charge in [-0.15, -0.1) is 6.42 Å². The van der Waals surface area contributed by atoms with Gasteiger partial charge in [0, 0.05) is 12.6 Å². The van der Waals surface area contributed by atoms with Crippen molar-refractivity contribution in [3.8, 4) is 18.1 Å². The normalized spacial score (nSPS) is 18.5. The van der Waals surface area contributed by atoms with Gasteiger partial charge in [-0.1, -0.05) is 44.6 Å². The third kappa shape index (κ3) is 6.58. The Morgan fingerprint density at radius 3 is 2.78 bits per heavy atom. The quantitative estimate of drug-likeness (QED) is 0.370. The van der Waals surface area contributed by atoms with E-state index >= 15 is 0 Å². The standard InChI is InChI=1S/C27H35FN2O2/c1-7-10-11-23-18-21-19-24(32-17-16-29(5)6)14-15-25(21)27(30(23)26(31)9-3)20(4)12-13-22(28)8-2/h3,8,12-15,19,23,27H,4,7,10-11,16-18H2,1-2,5-6H3/b13-12-,22-8+/t23-,27-/m0/s1. The van der Waals surface area contributed by atoms with Crippen LogP contribution in [0.25, 0.3) is 0 Å². The van der Waals surface area contributed by atoms with Crippen LogP contribution in [-0.4, -0.2) is 49.0 Å². The summed E-state index contributed by atoms with van der Waals surface area (Å²) in [4.78, 5) is 16.7. The molecule has 1 aromatic carbocycles. The van der Waals surface area contributed by atoms with Gasteiger partial charge in [0.05, 0.1) is 6.04 Å². The molecule has 0 saturated carbocycles. The minimum atomic E-state index is -0.444. The van der Waals surface area contributed by atoms with E-state index in [9.17, 15) is 9.18 Å². The van der Waals surface area contributed by atoms with E-state index in [1.54, 1.807) is 17.9 Å². The number of nitrogens with zero attached hydrogens (tertiary/aromatic N) is 2. The molecule has 0 N–H and O–H groups in total. The van der Waals surface area contributed by atoms with E-state index < -0.39 is 6.04 Å². The smallest absolute Gasteiger partial charge is 0.299 e. The van der Waals surface area contributed by atoms with Crippen LogP contribution in [0.2, 0.25) is 0 Å². The zero-order chi connectivity index (χ0) is 23.7. The number of terminal acetylenes is 1. The lowest BCUT2D eigenvalue weighted by atomic mass is 9.83. The monoisotopic (exact) mass is 438 g/mol. The van der Waals surface area contributed by atoms with Gasteiger partial charge >= 0.3 is 0 Å². The number of rotatable bonds is 10. The molecule has 0 unspecified atom stereocenters. The van der Waals surface area contributed by atoms with Crippen molar-refractivity contribution in [3.63, 3.8) is 0 Å². The average Bonchev–Trinajstić information content (AvgIpc) is 2.78. The summed E-state index contributed by atoms with van der Waals surface area (Å²) < 4.78 is 19.7. The molecule has 0 spiro atoms. The van der Waals surface area contributed by atoms with Gasteiger partial charge in [0.15, 0.2) is 0 Å². The van der Waals surface area contributed by atoms with Crippen LogP contribution in [0, 0.1) is 12.3 Å². The van der Waals surface area contributed by atoms with E-state index in [1.807, 2.05) is 26.2 Å². The van der Waals surface area contributed by atoms with Crippen LogP contribution in [0.15, 0.2) is 54.4 Å². The molecule has 32 heavy (non-hydrogen) atoms. The van der Waals surface area contributed by atoms with Gasteiger partial charge in [-0.05, 0) is 74.7 Å². The summed E-state index contributed by atoms with van der Waals surface area (Å²) in [6, 6.07) is 5.45. The van der Waals surface area contributed by atoms with Gasteiger partial charge in [0.2, 0.25) is 0 Å². The van der Waals surface area contributed by atoms with Crippen LogP contribution < -0.4 is 4.74 Å². The van der Waals surface area contributed by atoms with E-state index in [4.69, 9.17) is 11.2 Å².